The number of nitrogens with zero attached hydrogens (tertiary/aromatic N) is 2. The van der Waals surface area contributed by atoms with E-state index in [0.29, 0.717) is 19.6 Å². The summed E-state index contributed by atoms with van der Waals surface area (Å²) in [5.41, 5.74) is 2.98. The molecule has 1 amide bonds. The van der Waals surface area contributed by atoms with Crippen LogP contribution in [0.5, 0.6) is 0 Å². The number of hydrogen-bond donors (Lipinski definition) is 1. The standard InChI is InChI=1S/C18H25N3O2/c1-2-23-12-6-8-18(22)19-14-9-10-16-15(13-14)20-17-7-4-3-5-11-21(16)17/h9-10,13H,2-8,11-12H2,1H3,(H,19,22). The van der Waals surface area contributed by atoms with Crippen molar-refractivity contribution >= 4 is 22.6 Å². The van der Waals surface area contributed by atoms with Gasteiger partial charge in [0.05, 0.1) is 11.0 Å². The normalized spacial score (nSPS) is 14.5. The van der Waals surface area contributed by atoms with Gasteiger partial charge in [-0.25, -0.2) is 4.98 Å². The molecule has 0 unspecified atom stereocenters. The molecule has 5 heteroatoms. The van der Waals surface area contributed by atoms with Crippen molar-refractivity contribution in [3.63, 3.8) is 0 Å². The fourth-order valence-corrected chi connectivity index (χ4v) is 3.13. The van der Waals surface area contributed by atoms with Crippen LogP contribution in [0.4, 0.5) is 5.69 Å². The van der Waals surface area contributed by atoms with Gasteiger partial charge in [-0.1, -0.05) is 6.42 Å². The topological polar surface area (TPSA) is 56.1 Å². The quantitative estimate of drug-likeness (QED) is 0.830. The molecule has 1 N–H and O–H groups in total. The Hall–Kier alpha value is -1.88. The number of amides is 1. The van der Waals surface area contributed by atoms with E-state index in [1.54, 1.807) is 0 Å². The van der Waals surface area contributed by atoms with Crippen molar-refractivity contribution in [1.29, 1.82) is 0 Å². The van der Waals surface area contributed by atoms with E-state index in [2.05, 4.69) is 16.0 Å². The van der Waals surface area contributed by atoms with Gasteiger partial charge < -0.3 is 14.6 Å². The van der Waals surface area contributed by atoms with Crippen LogP contribution in [0.2, 0.25) is 0 Å². The molecule has 0 aliphatic carbocycles. The zero-order valence-corrected chi connectivity index (χ0v) is 13.8. The first kappa shape index (κ1) is 16.0. The number of rotatable bonds is 6. The Morgan fingerprint density at radius 2 is 2.26 bits per heavy atom. The van der Waals surface area contributed by atoms with E-state index in [1.807, 2.05) is 19.1 Å². The maximum atomic E-state index is 12.0. The van der Waals surface area contributed by atoms with Crippen molar-refractivity contribution in [1.82, 2.24) is 9.55 Å². The summed E-state index contributed by atoms with van der Waals surface area (Å²) in [5.74, 6) is 1.21. The molecular formula is C18H25N3O2. The molecular weight excluding hydrogens is 290 g/mol. The molecule has 0 saturated carbocycles. The van der Waals surface area contributed by atoms with E-state index in [9.17, 15) is 4.79 Å². The van der Waals surface area contributed by atoms with Gasteiger partial charge in [-0.3, -0.25) is 4.79 Å². The number of fused-ring (bicyclic) bond motifs is 3. The highest BCUT2D eigenvalue weighted by atomic mass is 16.5. The van der Waals surface area contributed by atoms with E-state index < -0.39 is 0 Å². The Kier molecular flexibility index (Phi) is 5.28. The van der Waals surface area contributed by atoms with E-state index in [-0.39, 0.29) is 5.91 Å². The summed E-state index contributed by atoms with van der Waals surface area (Å²) < 4.78 is 7.59. The lowest BCUT2D eigenvalue weighted by atomic mass is 10.2. The lowest BCUT2D eigenvalue weighted by Crippen LogP contribution is -2.12. The molecule has 3 rings (SSSR count). The molecule has 1 aliphatic rings. The number of carbonyl (C=O) groups excluding carboxylic acids is 1. The number of nitrogens with one attached hydrogen (secondary N) is 1. The van der Waals surface area contributed by atoms with Gasteiger partial charge in [0, 0.05) is 38.3 Å². The van der Waals surface area contributed by atoms with Crippen LogP contribution in [-0.2, 0) is 22.5 Å². The van der Waals surface area contributed by atoms with Gasteiger partial charge in [0.2, 0.25) is 5.91 Å². The third-order valence-corrected chi connectivity index (χ3v) is 4.29. The van der Waals surface area contributed by atoms with Crippen molar-refractivity contribution in [2.45, 2.75) is 52.0 Å². The molecule has 0 fully saturated rings. The Labute approximate surface area is 137 Å². The maximum absolute atomic E-state index is 12.0. The van der Waals surface area contributed by atoms with Crippen LogP contribution in [0.25, 0.3) is 11.0 Å². The van der Waals surface area contributed by atoms with Crippen LogP contribution in [-0.4, -0.2) is 28.7 Å². The smallest absolute Gasteiger partial charge is 0.224 e. The minimum absolute atomic E-state index is 0.0322. The van der Waals surface area contributed by atoms with Gasteiger partial charge in [0.1, 0.15) is 5.82 Å². The molecule has 124 valence electrons. The van der Waals surface area contributed by atoms with Gasteiger partial charge in [-0.15, -0.1) is 0 Å². The second-order valence-corrected chi connectivity index (χ2v) is 6.04. The van der Waals surface area contributed by atoms with Gasteiger partial charge in [-0.2, -0.15) is 0 Å². The van der Waals surface area contributed by atoms with Crippen LogP contribution in [0.3, 0.4) is 0 Å². The summed E-state index contributed by atoms with van der Waals surface area (Å²) in [7, 11) is 0. The summed E-state index contributed by atoms with van der Waals surface area (Å²) >= 11 is 0. The van der Waals surface area contributed by atoms with E-state index in [1.165, 1.54) is 30.6 Å². The van der Waals surface area contributed by atoms with Crippen LogP contribution in [0.15, 0.2) is 18.2 Å². The second-order valence-electron chi connectivity index (χ2n) is 6.04. The third kappa shape index (κ3) is 3.91. The Morgan fingerprint density at radius 3 is 3.13 bits per heavy atom. The van der Waals surface area contributed by atoms with Crippen molar-refractivity contribution < 1.29 is 9.53 Å². The van der Waals surface area contributed by atoms with E-state index >= 15 is 0 Å². The van der Waals surface area contributed by atoms with Crippen LogP contribution < -0.4 is 5.32 Å². The average Bonchev–Trinajstić information content (AvgIpc) is 2.72. The molecule has 2 aromatic rings. The number of ether oxygens (including phenoxy) is 1. The highest BCUT2D eigenvalue weighted by molar-refractivity contribution is 5.93. The van der Waals surface area contributed by atoms with Crippen LogP contribution in [0, 0.1) is 0 Å². The molecule has 5 nitrogen and oxygen atoms in total. The van der Waals surface area contributed by atoms with Crippen LogP contribution in [0.1, 0.15) is 44.9 Å². The van der Waals surface area contributed by atoms with E-state index in [4.69, 9.17) is 9.72 Å². The number of aryl methyl sites for hydroxylation is 2. The summed E-state index contributed by atoms with van der Waals surface area (Å²) in [5, 5.41) is 2.96. The van der Waals surface area contributed by atoms with Gasteiger partial charge in [-0.05, 0) is 44.4 Å². The fraction of sp³-hybridized carbons (Fsp3) is 0.556. The number of carbonyl (C=O) groups is 1. The highest BCUT2D eigenvalue weighted by Gasteiger charge is 2.14. The molecule has 1 aromatic heterocycles. The van der Waals surface area contributed by atoms with Gasteiger partial charge in [0.25, 0.3) is 0 Å². The Balaban J connectivity index is 1.67. The number of imidazole rings is 1. The number of hydrogen-bond acceptors (Lipinski definition) is 3. The SMILES string of the molecule is CCOCCCC(=O)Nc1ccc2c(c1)nc1n2CCCCC1. The minimum Gasteiger partial charge on any atom is -0.382 e. The summed E-state index contributed by atoms with van der Waals surface area (Å²) in [6.45, 7) is 4.34. The first-order valence-electron chi connectivity index (χ1n) is 8.64. The molecule has 0 atom stereocenters. The monoisotopic (exact) mass is 315 g/mol. The first-order valence-corrected chi connectivity index (χ1v) is 8.64. The first-order chi connectivity index (χ1) is 11.3. The maximum Gasteiger partial charge on any atom is 0.224 e. The third-order valence-electron chi connectivity index (χ3n) is 4.29. The summed E-state index contributed by atoms with van der Waals surface area (Å²) in [4.78, 5) is 16.7. The van der Waals surface area contributed by atoms with Crippen molar-refractivity contribution in [2.75, 3.05) is 18.5 Å². The average molecular weight is 315 g/mol. The van der Waals surface area contributed by atoms with Crippen molar-refractivity contribution in [3.05, 3.63) is 24.0 Å². The van der Waals surface area contributed by atoms with Crippen LogP contribution >= 0.6 is 0 Å². The molecule has 2 heterocycles. The molecule has 23 heavy (non-hydrogen) atoms. The zero-order valence-electron chi connectivity index (χ0n) is 13.8. The second kappa shape index (κ2) is 7.59. The Bertz CT molecular complexity index is 678. The van der Waals surface area contributed by atoms with Gasteiger partial charge >= 0.3 is 0 Å². The number of anilines is 1. The highest BCUT2D eigenvalue weighted by Crippen LogP contribution is 2.24. The molecule has 0 saturated heterocycles. The number of benzene rings is 1. The largest absolute Gasteiger partial charge is 0.382 e. The molecule has 0 radical (unpaired) electrons. The van der Waals surface area contributed by atoms with Crippen molar-refractivity contribution in [3.8, 4) is 0 Å². The molecule has 1 aliphatic heterocycles. The minimum atomic E-state index is 0.0322. The summed E-state index contributed by atoms with van der Waals surface area (Å²) in [6.07, 6.45) is 6.00. The predicted molar refractivity (Wildman–Crippen MR) is 91.6 cm³/mol. The summed E-state index contributed by atoms with van der Waals surface area (Å²) in [6, 6.07) is 6.03. The molecule has 0 bridgehead atoms. The van der Waals surface area contributed by atoms with Crippen molar-refractivity contribution in [2.24, 2.45) is 0 Å². The Morgan fingerprint density at radius 1 is 1.35 bits per heavy atom. The molecule has 0 spiro atoms. The lowest BCUT2D eigenvalue weighted by Gasteiger charge is -2.07. The van der Waals surface area contributed by atoms with E-state index in [0.717, 1.165) is 30.6 Å². The fourth-order valence-electron chi connectivity index (χ4n) is 3.13. The zero-order chi connectivity index (χ0) is 16.1. The van der Waals surface area contributed by atoms with Gasteiger partial charge in [0.15, 0.2) is 0 Å². The molecule has 1 aromatic carbocycles. The number of aromatic nitrogens is 2. The predicted octanol–water partition coefficient (Wildman–Crippen LogP) is 3.52. The lowest BCUT2D eigenvalue weighted by molar-refractivity contribution is -0.116.